The van der Waals surface area contributed by atoms with Gasteiger partial charge in [0, 0.05) is 6.08 Å². The number of hydrogen-bond acceptors (Lipinski definition) is 3. The Bertz CT molecular complexity index is 1190. The Morgan fingerprint density at radius 1 is 0.857 bits per heavy atom. The van der Waals surface area contributed by atoms with Crippen molar-refractivity contribution in [2.75, 3.05) is 0 Å². The molecule has 0 saturated heterocycles. The van der Waals surface area contributed by atoms with Crippen LogP contribution in [0.3, 0.4) is 0 Å². The summed E-state index contributed by atoms with van der Waals surface area (Å²) in [5.41, 5.74) is 2.33. The molecule has 182 valence electrons. The van der Waals surface area contributed by atoms with Crippen LogP contribution in [0.25, 0.3) is 17.2 Å². The van der Waals surface area contributed by atoms with Crippen LogP contribution in [0, 0.1) is 0 Å². The number of phenolic OH excluding ortho intramolecular Hbond substituents is 2. The summed E-state index contributed by atoms with van der Waals surface area (Å²) in [6, 6.07) is 16.7. The number of aliphatic carboxylic acids is 1. The van der Waals surface area contributed by atoms with Gasteiger partial charge in [0.1, 0.15) is 11.5 Å². The van der Waals surface area contributed by atoms with Crippen LogP contribution in [0.1, 0.15) is 54.0 Å². The fraction of sp³-hybridized carbons (Fsp3) is 0.179. The van der Waals surface area contributed by atoms with Gasteiger partial charge in [-0.1, -0.05) is 43.7 Å². The molecular weight excluding hydrogens is 457 g/mol. The molecule has 0 unspecified atom stereocenters. The molecule has 3 aromatic rings. The number of aromatic hydroxyl groups is 2. The van der Waals surface area contributed by atoms with Gasteiger partial charge in [0.2, 0.25) is 0 Å². The number of alkyl halides is 3. The number of carboxylic acids is 1. The first kappa shape index (κ1) is 25.6. The molecule has 3 aromatic carbocycles. The first-order chi connectivity index (χ1) is 16.6. The van der Waals surface area contributed by atoms with Gasteiger partial charge in [-0.15, -0.1) is 0 Å². The van der Waals surface area contributed by atoms with E-state index in [1.165, 1.54) is 36.4 Å². The van der Waals surface area contributed by atoms with Crippen molar-refractivity contribution in [3.8, 4) is 11.5 Å². The van der Waals surface area contributed by atoms with Crippen molar-refractivity contribution in [1.82, 2.24) is 0 Å². The lowest BCUT2D eigenvalue weighted by Gasteiger charge is -2.19. The molecule has 0 aliphatic carbocycles. The Morgan fingerprint density at radius 3 is 1.83 bits per heavy atom. The fourth-order valence-corrected chi connectivity index (χ4v) is 3.85. The Kier molecular flexibility index (Phi) is 8.02. The van der Waals surface area contributed by atoms with Gasteiger partial charge in [-0.05, 0) is 88.7 Å². The molecule has 0 aliphatic rings. The zero-order valence-corrected chi connectivity index (χ0v) is 19.0. The molecule has 0 bridgehead atoms. The van der Waals surface area contributed by atoms with Crippen molar-refractivity contribution in [1.29, 1.82) is 0 Å². The second kappa shape index (κ2) is 11.0. The van der Waals surface area contributed by atoms with Crippen molar-refractivity contribution in [3.05, 3.63) is 101 Å². The maximum atomic E-state index is 13.6. The van der Waals surface area contributed by atoms with Crippen LogP contribution in [0.5, 0.6) is 11.5 Å². The van der Waals surface area contributed by atoms with Crippen LogP contribution in [-0.2, 0) is 11.0 Å². The highest BCUT2D eigenvalue weighted by Gasteiger charge is 2.33. The number of rotatable bonds is 8. The minimum absolute atomic E-state index is 0.0736. The third-order valence-electron chi connectivity index (χ3n) is 5.50. The summed E-state index contributed by atoms with van der Waals surface area (Å²) in [5.74, 6) is -1.20. The molecule has 0 aliphatic heterocycles. The third kappa shape index (κ3) is 6.53. The zero-order chi connectivity index (χ0) is 25.6. The highest BCUT2D eigenvalue weighted by atomic mass is 19.4. The summed E-state index contributed by atoms with van der Waals surface area (Å²) in [6.07, 6.45) is -0.871. The predicted molar refractivity (Wildman–Crippen MR) is 130 cm³/mol. The normalized spacial score (nSPS) is 11.5. The number of halogens is 3. The molecule has 3 rings (SSSR count). The quantitative estimate of drug-likeness (QED) is 0.231. The summed E-state index contributed by atoms with van der Waals surface area (Å²) < 4.78 is 40.9. The van der Waals surface area contributed by atoms with E-state index in [1.807, 2.05) is 6.92 Å². The fourth-order valence-electron chi connectivity index (χ4n) is 3.85. The molecule has 0 spiro atoms. The molecule has 7 heteroatoms. The van der Waals surface area contributed by atoms with E-state index in [4.69, 9.17) is 5.11 Å². The van der Waals surface area contributed by atoms with Crippen molar-refractivity contribution < 1.29 is 33.3 Å². The number of carboxylic acid groups (broad SMARTS) is 1. The molecule has 0 saturated carbocycles. The van der Waals surface area contributed by atoms with E-state index in [1.54, 1.807) is 24.3 Å². The summed E-state index contributed by atoms with van der Waals surface area (Å²) in [4.78, 5) is 11.0. The van der Waals surface area contributed by atoms with E-state index < -0.39 is 17.7 Å². The predicted octanol–water partition coefficient (Wildman–Crippen LogP) is 7.36. The molecular formula is C28H25F3O4. The van der Waals surface area contributed by atoms with Crippen molar-refractivity contribution >= 4 is 23.2 Å². The first-order valence-electron chi connectivity index (χ1n) is 11.0. The molecule has 0 radical (unpaired) electrons. The van der Waals surface area contributed by atoms with E-state index in [0.717, 1.165) is 47.3 Å². The van der Waals surface area contributed by atoms with Crippen molar-refractivity contribution in [2.45, 2.75) is 32.4 Å². The molecule has 0 fully saturated rings. The van der Waals surface area contributed by atoms with Gasteiger partial charge in [-0.2, -0.15) is 13.2 Å². The second-order valence-electron chi connectivity index (χ2n) is 8.02. The Balaban J connectivity index is 2.34. The van der Waals surface area contributed by atoms with Gasteiger partial charge < -0.3 is 15.3 Å². The molecule has 4 nitrogen and oxygen atoms in total. The number of phenols is 2. The largest absolute Gasteiger partial charge is 0.508 e. The smallest absolute Gasteiger partial charge is 0.416 e. The maximum Gasteiger partial charge on any atom is 0.416 e. The number of benzene rings is 3. The van der Waals surface area contributed by atoms with Crippen LogP contribution < -0.4 is 0 Å². The van der Waals surface area contributed by atoms with Crippen molar-refractivity contribution in [3.63, 3.8) is 0 Å². The van der Waals surface area contributed by atoms with Gasteiger partial charge in [0.15, 0.2) is 0 Å². The van der Waals surface area contributed by atoms with Crippen LogP contribution >= 0.6 is 0 Å². The van der Waals surface area contributed by atoms with Crippen LogP contribution in [0.15, 0.2) is 72.8 Å². The molecule has 3 N–H and O–H groups in total. The minimum atomic E-state index is -4.65. The van der Waals surface area contributed by atoms with E-state index in [2.05, 4.69) is 0 Å². The number of carbonyl (C=O) groups is 1. The van der Waals surface area contributed by atoms with Crippen LogP contribution in [0.2, 0.25) is 0 Å². The van der Waals surface area contributed by atoms with Crippen LogP contribution in [-0.4, -0.2) is 21.3 Å². The Hall–Kier alpha value is -4.00. The number of unbranched alkanes of at least 4 members (excludes halogenated alkanes) is 1. The van der Waals surface area contributed by atoms with E-state index in [-0.39, 0.29) is 17.1 Å². The van der Waals surface area contributed by atoms with Crippen LogP contribution in [0.4, 0.5) is 13.2 Å². The van der Waals surface area contributed by atoms with Gasteiger partial charge in [0.05, 0.1) is 5.56 Å². The van der Waals surface area contributed by atoms with Crippen molar-refractivity contribution in [2.24, 2.45) is 0 Å². The van der Waals surface area contributed by atoms with E-state index >= 15 is 0 Å². The monoisotopic (exact) mass is 482 g/mol. The second-order valence-corrected chi connectivity index (χ2v) is 8.02. The number of hydrogen-bond donors (Lipinski definition) is 3. The van der Waals surface area contributed by atoms with Gasteiger partial charge >= 0.3 is 12.1 Å². The van der Waals surface area contributed by atoms with Gasteiger partial charge in [0.25, 0.3) is 0 Å². The zero-order valence-electron chi connectivity index (χ0n) is 19.0. The first-order valence-corrected chi connectivity index (χ1v) is 11.0. The van der Waals surface area contributed by atoms with E-state index in [0.29, 0.717) is 18.1 Å². The number of allylic oxidation sites excluding steroid dienone is 1. The van der Waals surface area contributed by atoms with E-state index in [9.17, 15) is 28.2 Å². The molecule has 0 heterocycles. The Labute approximate surface area is 201 Å². The standard InChI is InChI=1S/C28H25F3O4/c1-2-3-4-24(20-9-15-25(28(29,30)31)21(17-20)10-16-26(34)35)27(18-5-11-22(32)12-6-18)19-7-13-23(33)14-8-19/h5-17,32-33H,2-4H2,1H3,(H,34,35)/b16-10+. The molecule has 0 amide bonds. The summed E-state index contributed by atoms with van der Waals surface area (Å²) in [5, 5.41) is 28.5. The average molecular weight is 482 g/mol. The maximum absolute atomic E-state index is 13.6. The summed E-state index contributed by atoms with van der Waals surface area (Å²) in [7, 11) is 0. The lowest BCUT2D eigenvalue weighted by Crippen LogP contribution is -2.08. The SMILES string of the molecule is CCCCC(=C(c1ccc(O)cc1)c1ccc(O)cc1)c1ccc(C(F)(F)F)c(/C=C/C(=O)O)c1. The highest BCUT2D eigenvalue weighted by molar-refractivity contribution is 5.99. The summed E-state index contributed by atoms with van der Waals surface area (Å²) in [6.45, 7) is 2.01. The molecule has 0 aromatic heterocycles. The third-order valence-corrected chi connectivity index (χ3v) is 5.50. The minimum Gasteiger partial charge on any atom is -0.508 e. The average Bonchev–Trinajstić information content (AvgIpc) is 2.81. The molecule has 35 heavy (non-hydrogen) atoms. The highest BCUT2D eigenvalue weighted by Crippen LogP contribution is 2.39. The van der Waals surface area contributed by atoms with Gasteiger partial charge in [-0.25, -0.2) is 4.79 Å². The molecule has 0 atom stereocenters. The lowest BCUT2D eigenvalue weighted by atomic mass is 9.86. The topological polar surface area (TPSA) is 77.8 Å². The summed E-state index contributed by atoms with van der Waals surface area (Å²) >= 11 is 0. The lowest BCUT2D eigenvalue weighted by molar-refractivity contribution is -0.138. The Morgan fingerprint density at radius 2 is 1.37 bits per heavy atom. The van der Waals surface area contributed by atoms with Gasteiger partial charge in [-0.3, -0.25) is 0 Å².